The van der Waals surface area contributed by atoms with E-state index in [0.717, 1.165) is 5.56 Å². The molecule has 2 aromatic carbocycles. The summed E-state index contributed by atoms with van der Waals surface area (Å²) in [6.45, 7) is 4.23. The average Bonchev–Trinajstić information content (AvgIpc) is 2.83. The Balaban J connectivity index is 1.88. The highest BCUT2D eigenvalue weighted by molar-refractivity contribution is 6.33. The molecule has 1 heterocycles. The molecule has 4 nitrogen and oxygen atoms in total. The third-order valence-electron chi connectivity index (χ3n) is 3.87. The van der Waals surface area contributed by atoms with Gasteiger partial charge in [0.25, 0.3) is 11.8 Å². The minimum atomic E-state index is -0.423. The number of nitrogens with zero attached hydrogens (tertiary/aromatic N) is 1. The number of rotatable bonds is 3. The van der Waals surface area contributed by atoms with Crippen LogP contribution in [0, 0.1) is 0 Å². The highest BCUT2D eigenvalue weighted by atomic mass is 35.5. The highest BCUT2D eigenvalue weighted by Gasteiger charge is 2.34. The van der Waals surface area contributed by atoms with Gasteiger partial charge >= 0.3 is 0 Å². The second-order valence-corrected chi connectivity index (χ2v) is 6.38. The fraction of sp³-hybridized carbons (Fsp3) is 0.158. The van der Waals surface area contributed by atoms with Gasteiger partial charge in [-0.05, 0) is 41.3 Å². The normalized spacial score (nSPS) is 16.2. The van der Waals surface area contributed by atoms with E-state index >= 15 is 0 Å². The molecular formula is C19H17ClN2O2. The Morgan fingerprint density at radius 3 is 2.42 bits per heavy atom. The number of hydrazine groups is 1. The first-order valence-electron chi connectivity index (χ1n) is 7.68. The number of nitrogens with one attached hydrogen (secondary N) is 1. The van der Waals surface area contributed by atoms with Crippen LogP contribution in [0.1, 0.15) is 30.9 Å². The predicted molar refractivity (Wildman–Crippen MR) is 95.6 cm³/mol. The molecule has 0 spiro atoms. The van der Waals surface area contributed by atoms with Crippen LogP contribution in [0.3, 0.4) is 0 Å². The van der Waals surface area contributed by atoms with Crippen LogP contribution in [0.5, 0.6) is 0 Å². The van der Waals surface area contributed by atoms with E-state index in [1.54, 1.807) is 30.3 Å². The lowest BCUT2D eigenvalue weighted by Gasteiger charge is -2.14. The first-order chi connectivity index (χ1) is 11.5. The third-order valence-corrected chi connectivity index (χ3v) is 4.11. The van der Waals surface area contributed by atoms with Crippen molar-refractivity contribution in [2.75, 3.05) is 5.01 Å². The molecule has 5 heteroatoms. The third kappa shape index (κ3) is 3.19. The van der Waals surface area contributed by atoms with Gasteiger partial charge in [0.05, 0.1) is 5.69 Å². The van der Waals surface area contributed by atoms with Crippen LogP contribution >= 0.6 is 11.6 Å². The maximum Gasteiger partial charge on any atom is 0.282 e. The molecule has 1 aliphatic heterocycles. The summed E-state index contributed by atoms with van der Waals surface area (Å²) in [5.74, 6) is -0.385. The van der Waals surface area contributed by atoms with E-state index in [-0.39, 0.29) is 5.57 Å². The molecule has 0 radical (unpaired) electrons. The smallest absolute Gasteiger partial charge is 0.267 e. The molecule has 2 amide bonds. The lowest BCUT2D eigenvalue weighted by Crippen LogP contribution is -2.35. The molecule has 0 aromatic heterocycles. The first kappa shape index (κ1) is 16.3. The summed E-state index contributed by atoms with van der Waals surface area (Å²) in [6, 6.07) is 14.6. The standard InChI is InChI=1S/C19H17ClN2O2/c1-12(2)14-8-6-13(7-9-14)10-17-18(23)21-22(19(17)24)16-5-3-4-15(20)11-16/h3-12H,1-2H3,(H,21,23)/b17-10-. The van der Waals surface area contributed by atoms with Gasteiger partial charge in [0.1, 0.15) is 5.57 Å². The molecule has 24 heavy (non-hydrogen) atoms. The Kier molecular flexibility index (Phi) is 4.40. The molecular weight excluding hydrogens is 324 g/mol. The summed E-state index contributed by atoms with van der Waals surface area (Å²) in [6.07, 6.45) is 1.60. The van der Waals surface area contributed by atoms with Crippen molar-refractivity contribution < 1.29 is 9.59 Å². The monoisotopic (exact) mass is 340 g/mol. The second-order valence-electron chi connectivity index (χ2n) is 5.94. The Labute approximate surface area is 145 Å². The summed E-state index contributed by atoms with van der Waals surface area (Å²) in [5, 5.41) is 1.71. The maximum atomic E-state index is 12.5. The number of benzene rings is 2. The van der Waals surface area contributed by atoms with Crippen molar-refractivity contribution >= 4 is 35.2 Å². The number of carbonyl (C=O) groups excluding carboxylic acids is 2. The zero-order valence-electron chi connectivity index (χ0n) is 13.4. The lowest BCUT2D eigenvalue weighted by molar-refractivity contribution is -0.117. The number of amides is 2. The molecule has 3 rings (SSSR count). The van der Waals surface area contributed by atoms with E-state index in [9.17, 15) is 9.59 Å². The van der Waals surface area contributed by atoms with Crippen LogP contribution in [0.25, 0.3) is 6.08 Å². The topological polar surface area (TPSA) is 49.4 Å². The summed E-state index contributed by atoms with van der Waals surface area (Å²) in [4.78, 5) is 24.7. The van der Waals surface area contributed by atoms with Crippen molar-refractivity contribution in [3.8, 4) is 0 Å². The molecule has 1 aliphatic rings. The highest BCUT2D eigenvalue weighted by Crippen LogP contribution is 2.24. The van der Waals surface area contributed by atoms with Crippen molar-refractivity contribution in [3.63, 3.8) is 0 Å². The SMILES string of the molecule is CC(C)c1ccc(/C=C2/C(=O)NN(c3cccc(Cl)c3)C2=O)cc1. The van der Waals surface area contributed by atoms with Crippen molar-refractivity contribution in [2.45, 2.75) is 19.8 Å². The Morgan fingerprint density at radius 1 is 1.08 bits per heavy atom. The molecule has 1 fully saturated rings. The largest absolute Gasteiger partial charge is 0.282 e. The number of hydrogen-bond donors (Lipinski definition) is 1. The van der Waals surface area contributed by atoms with Gasteiger partial charge in [0.15, 0.2) is 0 Å². The van der Waals surface area contributed by atoms with Crippen LogP contribution in [0.2, 0.25) is 5.02 Å². The van der Waals surface area contributed by atoms with E-state index < -0.39 is 11.8 Å². The molecule has 122 valence electrons. The summed E-state index contributed by atoms with van der Waals surface area (Å²) in [5.41, 5.74) is 5.22. The quantitative estimate of drug-likeness (QED) is 0.680. The first-order valence-corrected chi connectivity index (χ1v) is 8.06. The summed E-state index contributed by atoms with van der Waals surface area (Å²) < 4.78 is 0. The number of anilines is 1. The Morgan fingerprint density at radius 2 is 1.79 bits per heavy atom. The van der Waals surface area contributed by atoms with Gasteiger partial charge < -0.3 is 0 Å². The minimum Gasteiger partial charge on any atom is -0.267 e. The number of carbonyl (C=O) groups is 2. The van der Waals surface area contributed by atoms with Crippen LogP contribution in [-0.4, -0.2) is 11.8 Å². The van der Waals surface area contributed by atoms with Crippen molar-refractivity contribution in [2.24, 2.45) is 0 Å². The van der Waals surface area contributed by atoms with Gasteiger partial charge in [0.2, 0.25) is 0 Å². The van der Waals surface area contributed by atoms with E-state index in [4.69, 9.17) is 11.6 Å². The van der Waals surface area contributed by atoms with Gasteiger partial charge in [-0.2, -0.15) is 0 Å². The Bertz CT molecular complexity index is 826. The molecule has 0 saturated carbocycles. The molecule has 0 unspecified atom stereocenters. The van der Waals surface area contributed by atoms with Gasteiger partial charge in [0, 0.05) is 5.02 Å². The molecule has 0 atom stereocenters. The van der Waals surface area contributed by atoms with Crippen LogP contribution in [0.15, 0.2) is 54.1 Å². The Hall–Kier alpha value is -2.59. The zero-order valence-corrected chi connectivity index (χ0v) is 14.2. The van der Waals surface area contributed by atoms with Gasteiger partial charge in [-0.25, -0.2) is 5.01 Å². The van der Waals surface area contributed by atoms with E-state index in [1.165, 1.54) is 10.6 Å². The number of halogens is 1. The molecule has 1 N–H and O–H groups in total. The summed E-state index contributed by atoms with van der Waals surface area (Å²) in [7, 11) is 0. The van der Waals surface area contributed by atoms with Crippen molar-refractivity contribution in [1.29, 1.82) is 0 Å². The van der Waals surface area contributed by atoms with Gasteiger partial charge in [-0.1, -0.05) is 55.8 Å². The van der Waals surface area contributed by atoms with Gasteiger partial charge in [-0.15, -0.1) is 0 Å². The average molecular weight is 341 g/mol. The molecule has 0 bridgehead atoms. The molecule has 0 aliphatic carbocycles. The molecule has 1 saturated heterocycles. The van der Waals surface area contributed by atoms with E-state index in [1.807, 2.05) is 24.3 Å². The predicted octanol–water partition coefficient (Wildman–Crippen LogP) is 3.92. The number of hydrogen-bond acceptors (Lipinski definition) is 2. The van der Waals surface area contributed by atoms with Crippen molar-refractivity contribution in [3.05, 3.63) is 70.3 Å². The minimum absolute atomic E-state index is 0.104. The summed E-state index contributed by atoms with van der Waals surface area (Å²) >= 11 is 5.95. The fourth-order valence-electron chi connectivity index (χ4n) is 2.50. The van der Waals surface area contributed by atoms with E-state index in [2.05, 4.69) is 19.3 Å². The van der Waals surface area contributed by atoms with Crippen LogP contribution in [-0.2, 0) is 9.59 Å². The maximum absolute atomic E-state index is 12.5. The van der Waals surface area contributed by atoms with E-state index in [0.29, 0.717) is 16.6 Å². The fourth-order valence-corrected chi connectivity index (χ4v) is 2.68. The zero-order chi connectivity index (χ0) is 17.3. The lowest BCUT2D eigenvalue weighted by atomic mass is 10.0. The van der Waals surface area contributed by atoms with Crippen LogP contribution in [0.4, 0.5) is 5.69 Å². The molecule has 2 aromatic rings. The van der Waals surface area contributed by atoms with Gasteiger partial charge in [-0.3, -0.25) is 15.0 Å². The van der Waals surface area contributed by atoms with Crippen molar-refractivity contribution in [1.82, 2.24) is 5.43 Å². The second kappa shape index (κ2) is 6.49. The van der Waals surface area contributed by atoms with Crippen LogP contribution < -0.4 is 10.4 Å².